The molecule has 0 radical (unpaired) electrons. The van der Waals surface area contributed by atoms with Gasteiger partial charge >= 0.3 is 13.7 Å². The molecule has 1 saturated heterocycles. The lowest BCUT2D eigenvalue weighted by Gasteiger charge is -2.30. The molecule has 1 unspecified atom stereocenters. The van der Waals surface area contributed by atoms with E-state index in [4.69, 9.17) is 24.3 Å². The first-order valence-corrected chi connectivity index (χ1v) is 15.2. The Morgan fingerprint density at radius 1 is 1.22 bits per heavy atom. The lowest BCUT2D eigenvalue weighted by atomic mass is 9.97. The van der Waals surface area contributed by atoms with Crippen molar-refractivity contribution in [3.8, 4) is 5.75 Å². The van der Waals surface area contributed by atoms with E-state index in [9.17, 15) is 19.6 Å². The third-order valence-electron chi connectivity index (χ3n) is 7.49. The van der Waals surface area contributed by atoms with Crippen molar-refractivity contribution in [2.24, 2.45) is 0 Å². The molecular weight excluding hydrogens is 553 g/mol. The average molecular weight is 590 g/mol. The van der Waals surface area contributed by atoms with E-state index < -0.39 is 50.3 Å². The zero-order valence-electron chi connectivity index (χ0n) is 23.0. The van der Waals surface area contributed by atoms with E-state index >= 15 is 0 Å². The van der Waals surface area contributed by atoms with Crippen LogP contribution >= 0.6 is 7.75 Å². The summed E-state index contributed by atoms with van der Waals surface area (Å²) >= 11 is 0. The van der Waals surface area contributed by atoms with Gasteiger partial charge in [-0.25, -0.2) is 14.1 Å². The second-order valence-corrected chi connectivity index (χ2v) is 12.4. The molecule has 2 aliphatic rings. The minimum Gasteiger partial charge on any atom is -0.461 e. The number of aromatic nitrogens is 3. The zero-order valence-corrected chi connectivity index (χ0v) is 23.9. The van der Waals surface area contributed by atoms with Crippen molar-refractivity contribution in [3.63, 3.8) is 0 Å². The number of anilines is 1. The van der Waals surface area contributed by atoms with Crippen LogP contribution in [0.25, 0.3) is 5.52 Å². The van der Waals surface area contributed by atoms with Crippen molar-refractivity contribution in [1.82, 2.24) is 19.7 Å². The van der Waals surface area contributed by atoms with E-state index in [0.29, 0.717) is 11.2 Å². The average Bonchev–Trinajstić information content (AvgIpc) is 3.49. The van der Waals surface area contributed by atoms with Crippen LogP contribution in [0.4, 0.5) is 5.82 Å². The predicted octanol–water partition coefficient (Wildman–Crippen LogP) is 2.92. The second kappa shape index (κ2) is 12.0. The Hall–Kier alpha value is -3.06. The molecule has 1 aliphatic heterocycles. The van der Waals surface area contributed by atoms with Crippen LogP contribution in [0.5, 0.6) is 5.75 Å². The SMILES string of the molecule is C[C@H](NP(=O)(OC[C@@]1(C)O[C@@H](c2ccc3c(N)ncnn23)[C@H](O)[C@@H]1O)Oc1ccccc1)C(=O)OC1CCCCC1. The third kappa shape index (κ3) is 6.40. The van der Waals surface area contributed by atoms with Crippen molar-refractivity contribution in [1.29, 1.82) is 0 Å². The number of hydrogen-bond donors (Lipinski definition) is 4. The largest absolute Gasteiger partial charge is 0.461 e. The van der Waals surface area contributed by atoms with Crippen molar-refractivity contribution in [2.45, 2.75) is 82.0 Å². The van der Waals surface area contributed by atoms with Gasteiger partial charge in [0.1, 0.15) is 53.7 Å². The van der Waals surface area contributed by atoms with Crippen LogP contribution in [0.3, 0.4) is 0 Å². The molecule has 41 heavy (non-hydrogen) atoms. The van der Waals surface area contributed by atoms with Gasteiger partial charge in [0, 0.05) is 0 Å². The molecule has 222 valence electrons. The molecular formula is C27H36N5O8P. The Bertz CT molecular complexity index is 1400. The molecule has 5 N–H and O–H groups in total. The first-order chi connectivity index (χ1) is 19.6. The minimum atomic E-state index is -4.24. The number of carbonyl (C=O) groups excluding carboxylic acids is 1. The number of benzene rings is 1. The number of ether oxygens (including phenoxy) is 2. The molecule has 6 atom stereocenters. The highest BCUT2D eigenvalue weighted by molar-refractivity contribution is 7.52. The third-order valence-corrected chi connectivity index (χ3v) is 9.11. The molecule has 2 aromatic heterocycles. The van der Waals surface area contributed by atoms with Gasteiger partial charge < -0.3 is 29.9 Å². The monoisotopic (exact) mass is 589 g/mol. The Balaban J connectivity index is 1.32. The number of aliphatic hydroxyl groups is 2. The molecule has 3 heterocycles. The standard InChI is InChI=1S/C27H36N5O8P/c1-17(26(35)38-18-9-5-3-6-10-18)31-41(36,40-19-11-7-4-8-12-19)37-15-27(2)24(34)22(33)23(39-27)20-13-14-21-25(28)29-16-30-32(20)21/h4,7-8,11-14,16-18,22-24,33-34H,3,5-6,9-10,15H2,1-2H3,(H,31,36)(H2,28,29,30)/t17-,22-,23-,24-,27+,41?/m0/s1. The quantitative estimate of drug-likeness (QED) is 0.201. The van der Waals surface area contributed by atoms with Gasteiger partial charge in [0.25, 0.3) is 0 Å². The number of nitrogens with two attached hydrogens (primary N) is 1. The summed E-state index contributed by atoms with van der Waals surface area (Å²) in [6.45, 7) is 2.58. The van der Waals surface area contributed by atoms with E-state index in [1.807, 2.05) is 0 Å². The van der Waals surface area contributed by atoms with E-state index in [0.717, 1.165) is 32.1 Å². The molecule has 5 rings (SSSR count). The second-order valence-electron chi connectivity index (χ2n) is 10.7. The maximum absolute atomic E-state index is 14.0. The summed E-state index contributed by atoms with van der Waals surface area (Å²) in [5.74, 6) is -0.0896. The Morgan fingerprint density at radius 2 is 1.95 bits per heavy atom. The summed E-state index contributed by atoms with van der Waals surface area (Å²) in [4.78, 5) is 16.8. The van der Waals surface area contributed by atoms with Crippen LogP contribution in [0.15, 0.2) is 48.8 Å². The summed E-state index contributed by atoms with van der Waals surface area (Å²) in [5, 5.41) is 28.8. The van der Waals surface area contributed by atoms with Crippen molar-refractivity contribution in [2.75, 3.05) is 12.3 Å². The molecule has 0 bridgehead atoms. The number of fused-ring (bicyclic) bond motifs is 1. The number of carbonyl (C=O) groups is 1. The van der Waals surface area contributed by atoms with Crippen LogP contribution in [0.1, 0.15) is 57.7 Å². The lowest BCUT2D eigenvalue weighted by molar-refractivity contribution is -0.152. The van der Waals surface area contributed by atoms with Gasteiger partial charge in [-0.3, -0.25) is 9.32 Å². The summed E-state index contributed by atoms with van der Waals surface area (Å²) in [5.41, 5.74) is 5.35. The highest BCUT2D eigenvalue weighted by Crippen LogP contribution is 2.48. The molecule has 1 saturated carbocycles. The van der Waals surface area contributed by atoms with Crippen molar-refractivity contribution < 1.29 is 38.1 Å². The van der Waals surface area contributed by atoms with Crippen molar-refractivity contribution in [3.05, 3.63) is 54.5 Å². The number of aliphatic hydroxyl groups excluding tert-OH is 2. The summed E-state index contributed by atoms with van der Waals surface area (Å²) < 4.78 is 38.7. The number of rotatable bonds is 10. The van der Waals surface area contributed by atoms with Gasteiger partial charge in [-0.2, -0.15) is 10.2 Å². The van der Waals surface area contributed by atoms with Crippen LogP contribution < -0.4 is 15.3 Å². The fraction of sp³-hybridized carbons (Fsp3) is 0.519. The summed E-state index contributed by atoms with van der Waals surface area (Å²) in [7, 11) is -4.24. The number of para-hydroxylation sites is 1. The normalized spacial score (nSPS) is 27.4. The van der Waals surface area contributed by atoms with Gasteiger partial charge in [0.15, 0.2) is 5.82 Å². The van der Waals surface area contributed by atoms with E-state index in [1.54, 1.807) is 42.5 Å². The van der Waals surface area contributed by atoms with Crippen LogP contribution in [-0.2, 0) is 23.4 Å². The van der Waals surface area contributed by atoms with E-state index in [1.165, 1.54) is 24.7 Å². The van der Waals surface area contributed by atoms with Gasteiger partial charge in [-0.05, 0) is 63.8 Å². The van der Waals surface area contributed by atoms with Crippen LogP contribution in [-0.4, -0.2) is 67.3 Å². The highest BCUT2D eigenvalue weighted by atomic mass is 31.2. The molecule has 0 amide bonds. The maximum Gasteiger partial charge on any atom is 0.459 e. The molecule has 1 aliphatic carbocycles. The lowest BCUT2D eigenvalue weighted by Crippen LogP contribution is -2.45. The number of nitrogens with zero attached hydrogens (tertiary/aromatic N) is 3. The van der Waals surface area contributed by atoms with Gasteiger partial charge in [0.2, 0.25) is 0 Å². The molecule has 14 heteroatoms. The van der Waals surface area contributed by atoms with Crippen LogP contribution in [0, 0.1) is 0 Å². The van der Waals surface area contributed by atoms with Gasteiger partial charge in [-0.15, -0.1) is 0 Å². The summed E-state index contributed by atoms with van der Waals surface area (Å²) in [6.07, 6.45) is 1.95. The summed E-state index contributed by atoms with van der Waals surface area (Å²) in [6, 6.07) is 10.7. The van der Waals surface area contributed by atoms with Crippen molar-refractivity contribution >= 4 is 25.1 Å². The number of nitrogens with one attached hydrogen (secondary N) is 1. The predicted molar refractivity (Wildman–Crippen MR) is 148 cm³/mol. The minimum absolute atomic E-state index is 0.180. The van der Waals surface area contributed by atoms with E-state index in [2.05, 4.69) is 15.2 Å². The van der Waals surface area contributed by atoms with Gasteiger partial charge in [-0.1, -0.05) is 24.6 Å². The number of hydrogen-bond acceptors (Lipinski definition) is 11. The first-order valence-electron chi connectivity index (χ1n) is 13.7. The molecule has 3 aromatic rings. The smallest absolute Gasteiger partial charge is 0.459 e. The molecule has 13 nitrogen and oxygen atoms in total. The van der Waals surface area contributed by atoms with Gasteiger partial charge in [0.05, 0.1) is 12.3 Å². The van der Waals surface area contributed by atoms with E-state index in [-0.39, 0.29) is 17.7 Å². The fourth-order valence-corrected chi connectivity index (χ4v) is 6.75. The molecule has 1 aromatic carbocycles. The Labute approximate surface area is 237 Å². The number of nitrogen functional groups attached to an aromatic ring is 1. The molecule has 2 fully saturated rings. The zero-order chi connectivity index (χ0) is 29.2. The Kier molecular flexibility index (Phi) is 8.65. The van der Waals surface area contributed by atoms with Crippen LogP contribution in [0.2, 0.25) is 0 Å². The molecule has 0 spiro atoms. The highest BCUT2D eigenvalue weighted by Gasteiger charge is 2.54. The number of esters is 1. The topological polar surface area (TPSA) is 180 Å². The first kappa shape index (κ1) is 29.4. The Morgan fingerprint density at radius 3 is 2.68 bits per heavy atom. The maximum atomic E-state index is 14.0. The fourth-order valence-electron chi connectivity index (χ4n) is 5.16.